The molecule has 3 N–H and O–H groups in total. The monoisotopic (exact) mass is 299 g/mol. The second kappa shape index (κ2) is 10.9. The molecule has 0 aromatic heterocycles. The largest absolute Gasteiger partial charge is 0.356 e. The standard InChI is InChI=1S/C12H25N3O.2ClH/c1-10(9-13)12(16)14-6-3-11-4-7-15(2)8-5-11;;/h10-11H,3-9,13H2,1-2H3,(H,14,16);2*1H. The van der Waals surface area contributed by atoms with Gasteiger partial charge in [-0.1, -0.05) is 6.92 Å². The smallest absolute Gasteiger partial charge is 0.224 e. The molecule has 0 bridgehead atoms. The summed E-state index contributed by atoms with van der Waals surface area (Å²) in [7, 11) is 2.17. The molecule has 0 aliphatic carbocycles. The van der Waals surface area contributed by atoms with Crippen LogP contribution in [0.3, 0.4) is 0 Å². The Morgan fingerprint density at radius 3 is 2.44 bits per heavy atom. The van der Waals surface area contributed by atoms with Gasteiger partial charge in [0.1, 0.15) is 0 Å². The van der Waals surface area contributed by atoms with Crippen molar-refractivity contribution in [1.29, 1.82) is 0 Å². The van der Waals surface area contributed by atoms with Gasteiger partial charge in [-0.3, -0.25) is 4.79 Å². The maximum absolute atomic E-state index is 11.5. The number of nitrogens with zero attached hydrogens (tertiary/aromatic N) is 1. The van der Waals surface area contributed by atoms with Crippen molar-refractivity contribution in [1.82, 2.24) is 10.2 Å². The van der Waals surface area contributed by atoms with E-state index < -0.39 is 0 Å². The number of likely N-dealkylation sites (tertiary alicyclic amines) is 1. The highest BCUT2D eigenvalue weighted by Crippen LogP contribution is 2.18. The lowest BCUT2D eigenvalue weighted by atomic mass is 9.94. The van der Waals surface area contributed by atoms with Gasteiger partial charge in [-0.25, -0.2) is 0 Å². The summed E-state index contributed by atoms with van der Waals surface area (Å²) in [5.41, 5.74) is 5.44. The minimum absolute atomic E-state index is 0. The summed E-state index contributed by atoms with van der Waals surface area (Å²) in [5, 5.41) is 2.96. The molecule has 1 aliphatic rings. The van der Waals surface area contributed by atoms with Gasteiger partial charge in [0.2, 0.25) is 5.91 Å². The molecule has 1 amide bonds. The van der Waals surface area contributed by atoms with Crippen LogP contribution in [0.2, 0.25) is 0 Å². The quantitative estimate of drug-likeness (QED) is 0.804. The highest BCUT2D eigenvalue weighted by Gasteiger charge is 2.17. The van der Waals surface area contributed by atoms with E-state index in [0.29, 0.717) is 6.54 Å². The maximum Gasteiger partial charge on any atom is 0.224 e. The van der Waals surface area contributed by atoms with Gasteiger partial charge >= 0.3 is 0 Å². The molecule has 0 aromatic rings. The van der Waals surface area contributed by atoms with Crippen molar-refractivity contribution in [2.24, 2.45) is 17.6 Å². The number of carbonyl (C=O) groups is 1. The van der Waals surface area contributed by atoms with Gasteiger partial charge in [0.25, 0.3) is 0 Å². The second-order valence-electron chi connectivity index (χ2n) is 4.96. The van der Waals surface area contributed by atoms with E-state index in [2.05, 4.69) is 17.3 Å². The third kappa shape index (κ3) is 7.41. The molecule has 4 nitrogen and oxygen atoms in total. The molecular formula is C12H27Cl2N3O. The van der Waals surface area contributed by atoms with Crippen molar-refractivity contribution in [3.63, 3.8) is 0 Å². The topological polar surface area (TPSA) is 58.4 Å². The number of nitrogens with one attached hydrogen (secondary N) is 1. The van der Waals surface area contributed by atoms with Crippen LogP contribution in [0.5, 0.6) is 0 Å². The van der Waals surface area contributed by atoms with Crippen LogP contribution in [0.15, 0.2) is 0 Å². The molecule has 0 spiro atoms. The van der Waals surface area contributed by atoms with E-state index in [4.69, 9.17) is 5.73 Å². The zero-order chi connectivity index (χ0) is 12.0. The number of carbonyl (C=O) groups excluding carboxylic acids is 1. The zero-order valence-corrected chi connectivity index (χ0v) is 13.0. The van der Waals surface area contributed by atoms with Crippen LogP contribution < -0.4 is 11.1 Å². The molecule has 0 saturated carbocycles. The molecule has 18 heavy (non-hydrogen) atoms. The summed E-state index contributed by atoms with van der Waals surface area (Å²) >= 11 is 0. The summed E-state index contributed by atoms with van der Waals surface area (Å²) in [6.45, 7) is 5.48. The van der Waals surface area contributed by atoms with E-state index in [1.54, 1.807) is 0 Å². The number of hydrogen-bond acceptors (Lipinski definition) is 3. The highest BCUT2D eigenvalue weighted by molar-refractivity contribution is 5.85. The van der Waals surface area contributed by atoms with E-state index in [1.807, 2.05) is 6.92 Å². The Morgan fingerprint density at radius 2 is 1.94 bits per heavy atom. The fourth-order valence-corrected chi connectivity index (χ4v) is 2.03. The first-order valence-corrected chi connectivity index (χ1v) is 6.29. The normalized spacial score (nSPS) is 18.4. The Labute approximate surface area is 123 Å². The zero-order valence-electron chi connectivity index (χ0n) is 11.4. The minimum atomic E-state index is -0.0579. The van der Waals surface area contributed by atoms with Crippen molar-refractivity contribution in [3.05, 3.63) is 0 Å². The lowest BCUT2D eigenvalue weighted by Crippen LogP contribution is -2.36. The highest BCUT2D eigenvalue weighted by atomic mass is 35.5. The Bertz CT molecular complexity index is 221. The van der Waals surface area contributed by atoms with E-state index >= 15 is 0 Å². The molecule has 6 heteroatoms. The molecule has 1 aliphatic heterocycles. The molecule has 0 aromatic carbocycles. The maximum atomic E-state index is 11.5. The molecule has 0 radical (unpaired) electrons. The lowest BCUT2D eigenvalue weighted by molar-refractivity contribution is -0.124. The average Bonchev–Trinajstić information content (AvgIpc) is 2.30. The van der Waals surface area contributed by atoms with Crippen molar-refractivity contribution in [2.75, 3.05) is 33.2 Å². The van der Waals surface area contributed by atoms with Gasteiger partial charge in [-0.05, 0) is 45.3 Å². The fraction of sp³-hybridized carbons (Fsp3) is 0.917. The SMILES string of the molecule is CC(CN)C(=O)NCCC1CCN(C)CC1.Cl.Cl. The second-order valence-corrected chi connectivity index (χ2v) is 4.96. The van der Waals surface area contributed by atoms with Crippen molar-refractivity contribution < 1.29 is 4.79 Å². The van der Waals surface area contributed by atoms with E-state index in [9.17, 15) is 4.79 Å². The number of nitrogens with two attached hydrogens (primary N) is 1. The molecule has 1 heterocycles. The number of piperidine rings is 1. The molecule has 1 saturated heterocycles. The number of hydrogen-bond donors (Lipinski definition) is 2. The Kier molecular flexibility index (Phi) is 12.2. The third-order valence-corrected chi connectivity index (χ3v) is 3.49. The first kappa shape index (κ1) is 20.3. The molecule has 1 unspecified atom stereocenters. The van der Waals surface area contributed by atoms with Gasteiger partial charge in [-0.15, -0.1) is 24.8 Å². The number of amides is 1. The van der Waals surface area contributed by atoms with Crippen LogP contribution in [-0.4, -0.2) is 44.0 Å². The summed E-state index contributed by atoms with van der Waals surface area (Å²) in [6, 6.07) is 0. The molecule has 1 rings (SSSR count). The van der Waals surface area contributed by atoms with Crippen LogP contribution in [-0.2, 0) is 4.79 Å². The Balaban J connectivity index is 0. The van der Waals surface area contributed by atoms with Gasteiger partial charge in [0.15, 0.2) is 0 Å². The van der Waals surface area contributed by atoms with E-state index in [0.717, 1.165) is 18.9 Å². The van der Waals surface area contributed by atoms with Gasteiger partial charge in [0.05, 0.1) is 0 Å². The van der Waals surface area contributed by atoms with Crippen LogP contribution in [0.25, 0.3) is 0 Å². The van der Waals surface area contributed by atoms with E-state index in [-0.39, 0.29) is 36.6 Å². The van der Waals surface area contributed by atoms with Crippen molar-refractivity contribution >= 4 is 30.7 Å². The Hall–Kier alpha value is -0.0300. The van der Waals surface area contributed by atoms with Gasteiger partial charge < -0.3 is 16.0 Å². The first-order valence-electron chi connectivity index (χ1n) is 6.29. The molecule has 110 valence electrons. The first-order chi connectivity index (χ1) is 7.63. The lowest BCUT2D eigenvalue weighted by Gasteiger charge is -2.28. The van der Waals surface area contributed by atoms with Crippen molar-refractivity contribution in [3.8, 4) is 0 Å². The predicted molar refractivity (Wildman–Crippen MR) is 80.6 cm³/mol. The molecule has 1 fully saturated rings. The summed E-state index contributed by atoms with van der Waals surface area (Å²) in [5.74, 6) is 0.817. The van der Waals surface area contributed by atoms with Crippen LogP contribution in [0.1, 0.15) is 26.2 Å². The molecule has 1 atom stereocenters. The fourth-order valence-electron chi connectivity index (χ4n) is 2.03. The summed E-state index contributed by atoms with van der Waals surface area (Å²) in [4.78, 5) is 13.8. The van der Waals surface area contributed by atoms with E-state index in [1.165, 1.54) is 25.9 Å². The predicted octanol–water partition coefficient (Wildman–Crippen LogP) is 1.27. The number of halogens is 2. The summed E-state index contributed by atoms with van der Waals surface area (Å²) < 4.78 is 0. The average molecular weight is 300 g/mol. The summed E-state index contributed by atoms with van der Waals surface area (Å²) in [6.07, 6.45) is 3.63. The van der Waals surface area contributed by atoms with Gasteiger partial charge in [-0.2, -0.15) is 0 Å². The van der Waals surface area contributed by atoms with Gasteiger partial charge in [0, 0.05) is 19.0 Å². The third-order valence-electron chi connectivity index (χ3n) is 3.49. The minimum Gasteiger partial charge on any atom is -0.356 e. The van der Waals surface area contributed by atoms with Crippen LogP contribution in [0.4, 0.5) is 0 Å². The number of rotatable bonds is 5. The van der Waals surface area contributed by atoms with Crippen LogP contribution in [0, 0.1) is 11.8 Å². The van der Waals surface area contributed by atoms with Crippen molar-refractivity contribution in [2.45, 2.75) is 26.2 Å². The Morgan fingerprint density at radius 1 is 1.39 bits per heavy atom. The molecular weight excluding hydrogens is 273 g/mol. The van der Waals surface area contributed by atoms with Crippen LogP contribution >= 0.6 is 24.8 Å².